The Hall–Kier alpha value is -1.83. The molecule has 0 aromatic carbocycles. The minimum Gasteiger partial charge on any atom is -0.481 e. The Morgan fingerprint density at radius 2 is 2.17 bits per heavy atom. The number of carboxylic acid groups (broad SMARTS) is 1. The highest BCUT2D eigenvalue weighted by molar-refractivity contribution is 7.07. The molecule has 18 heavy (non-hydrogen) atoms. The summed E-state index contributed by atoms with van der Waals surface area (Å²) in [5, 5.41) is 15.4. The van der Waals surface area contributed by atoms with E-state index in [-0.39, 0.29) is 11.4 Å². The van der Waals surface area contributed by atoms with E-state index >= 15 is 0 Å². The van der Waals surface area contributed by atoms with E-state index in [1.54, 1.807) is 12.3 Å². The predicted molar refractivity (Wildman–Crippen MR) is 66.6 cm³/mol. The van der Waals surface area contributed by atoms with Gasteiger partial charge >= 0.3 is 16.9 Å². The van der Waals surface area contributed by atoms with Crippen molar-refractivity contribution in [1.82, 2.24) is 15.6 Å². The molecular weight excluding hydrogens is 258 g/mol. The fourth-order valence-electron chi connectivity index (χ4n) is 1.17. The van der Waals surface area contributed by atoms with Crippen LogP contribution in [0.2, 0.25) is 0 Å². The lowest BCUT2D eigenvalue weighted by atomic mass is 10.0. The second-order valence-electron chi connectivity index (χ2n) is 3.92. The maximum atomic E-state index is 11.5. The molecule has 0 aliphatic heterocycles. The van der Waals surface area contributed by atoms with Gasteiger partial charge in [-0.25, -0.2) is 4.79 Å². The standard InChI is InChI=1S/C10H15N3O4S/c1-5(8(14)15)6(2)12-9(16)11-3-7-4-18-10(17)13-7/h4-6H,3H2,1-2H3,(H,13,17)(H,14,15)(H2,11,12,16). The number of H-pyrrole nitrogens is 1. The number of urea groups is 1. The highest BCUT2D eigenvalue weighted by Gasteiger charge is 2.20. The summed E-state index contributed by atoms with van der Waals surface area (Å²) in [6.07, 6.45) is 0. The van der Waals surface area contributed by atoms with Crippen LogP contribution in [0.15, 0.2) is 10.2 Å². The summed E-state index contributed by atoms with van der Waals surface area (Å²) in [5.74, 6) is -1.64. The van der Waals surface area contributed by atoms with Gasteiger partial charge in [0, 0.05) is 17.1 Å². The minimum absolute atomic E-state index is 0.180. The van der Waals surface area contributed by atoms with Crippen molar-refractivity contribution in [2.24, 2.45) is 5.92 Å². The van der Waals surface area contributed by atoms with Crippen molar-refractivity contribution in [2.75, 3.05) is 0 Å². The molecule has 0 saturated heterocycles. The number of hydrogen-bond acceptors (Lipinski definition) is 4. The summed E-state index contributed by atoms with van der Waals surface area (Å²) >= 11 is 1.02. The lowest BCUT2D eigenvalue weighted by Crippen LogP contribution is -2.45. The topological polar surface area (TPSA) is 111 Å². The van der Waals surface area contributed by atoms with Crippen LogP contribution in [0.4, 0.5) is 4.79 Å². The van der Waals surface area contributed by atoms with Gasteiger partial charge in [0.05, 0.1) is 12.5 Å². The first-order valence-electron chi connectivity index (χ1n) is 5.34. The van der Waals surface area contributed by atoms with Gasteiger partial charge in [-0.15, -0.1) is 0 Å². The molecule has 0 bridgehead atoms. The minimum atomic E-state index is -0.968. The third-order valence-electron chi connectivity index (χ3n) is 2.51. The van der Waals surface area contributed by atoms with Gasteiger partial charge in [-0.3, -0.25) is 9.59 Å². The molecule has 100 valence electrons. The highest BCUT2D eigenvalue weighted by Crippen LogP contribution is 2.02. The van der Waals surface area contributed by atoms with E-state index in [0.29, 0.717) is 5.69 Å². The summed E-state index contributed by atoms with van der Waals surface area (Å²) in [6, 6.07) is -0.952. The number of rotatable bonds is 5. The van der Waals surface area contributed by atoms with Crippen molar-refractivity contribution in [3.05, 3.63) is 20.7 Å². The largest absolute Gasteiger partial charge is 0.481 e. The Balaban J connectivity index is 2.38. The van der Waals surface area contributed by atoms with Gasteiger partial charge in [-0.1, -0.05) is 11.3 Å². The maximum absolute atomic E-state index is 11.5. The lowest BCUT2D eigenvalue weighted by Gasteiger charge is -2.17. The first-order valence-corrected chi connectivity index (χ1v) is 6.22. The molecular formula is C10H15N3O4S. The second-order valence-corrected chi connectivity index (χ2v) is 4.76. The van der Waals surface area contributed by atoms with Gasteiger partial charge in [0.15, 0.2) is 0 Å². The number of amides is 2. The summed E-state index contributed by atoms with van der Waals surface area (Å²) < 4.78 is 0. The number of aliphatic carboxylic acids is 1. The van der Waals surface area contributed by atoms with Crippen molar-refractivity contribution in [2.45, 2.75) is 26.4 Å². The van der Waals surface area contributed by atoms with Crippen LogP contribution in [0.5, 0.6) is 0 Å². The number of carboxylic acids is 1. The van der Waals surface area contributed by atoms with E-state index in [0.717, 1.165) is 11.3 Å². The molecule has 0 radical (unpaired) electrons. The molecule has 0 spiro atoms. The van der Waals surface area contributed by atoms with E-state index in [4.69, 9.17) is 5.11 Å². The van der Waals surface area contributed by atoms with Crippen molar-refractivity contribution >= 4 is 23.3 Å². The van der Waals surface area contributed by atoms with Crippen LogP contribution in [-0.4, -0.2) is 28.1 Å². The molecule has 0 saturated carbocycles. The number of thiazole rings is 1. The van der Waals surface area contributed by atoms with Crippen LogP contribution in [-0.2, 0) is 11.3 Å². The van der Waals surface area contributed by atoms with Gasteiger partial charge in [0.25, 0.3) is 0 Å². The third kappa shape index (κ3) is 4.21. The van der Waals surface area contributed by atoms with E-state index in [1.165, 1.54) is 6.92 Å². The van der Waals surface area contributed by atoms with Gasteiger partial charge in [0.1, 0.15) is 0 Å². The molecule has 2 unspecified atom stereocenters. The molecule has 1 heterocycles. The quantitative estimate of drug-likeness (QED) is 0.620. The van der Waals surface area contributed by atoms with Crippen LogP contribution < -0.4 is 15.5 Å². The van der Waals surface area contributed by atoms with Crippen LogP contribution in [0, 0.1) is 5.92 Å². The molecule has 1 aromatic heterocycles. The third-order valence-corrected chi connectivity index (χ3v) is 3.23. The van der Waals surface area contributed by atoms with Crippen molar-refractivity contribution in [3.63, 3.8) is 0 Å². The number of carbonyl (C=O) groups excluding carboxylic acids is 1. The van der Waals surface area contributed by atoms with Gasteiger partial charge in [-0.2, -0.15) is 0 Å². The molecule has 1 rings (SSSR count). The number of aromatic nitrogens is 1. The van der Waals surface area contributed by atoms with E-state index in [1.807, 2.05) is 0 Å². The van der Waals surface area contributed by atoms with E-state index in [9.17, 15) is 14.4 Å². The number of carbonyl (C=O) groups is 2. The first-order chi connectivity index (χ1) is 8.40. The molecule has 2 amide bonds. The molecule has 8 heteroatoms. The average molecular weight is 273 g/mol. The normalized spacial score (nSPS) is 13.7. The second kappa shape index (κ2) is 6.20. The smallest absolute Gasteiger partial charge is 0.315 e. The average Bonchev–Trinajstić information content (AvgIpc) is 2.71. The van der Waals surface area contributed by atoms with E-state index in [2.05, 4.69) is 15.6 Å². The van der Waals surface area contributed by atoms with E-state index < -0.39 is 24.0 Å². The zero-order valence-corrected chi connectivity index (χ0v) is 10.8. The summed E-state index contributed by atoms with van der Waals surface area (Å²) in [7, 11) is 0. The van der Waals surface area contributed by atoms with Crippen LogP contribution >= 0.6 is 11.3 Å². The number of aromatic amines is 1. The Labute approximate surface area is 107 Å². The maximum Gasteiger partial charge on any atom is 0.315 e. The number of nitrogens with one attached hydrogen (secondary N) is 3. The summed E-state index contributed by atoms with van der Waals surface area (Å²) in [5.41, 5.74) is 0.610. The molecule has 4 N–H and O–H groups in total. The van der Waals surface area contributed by atoms with Gasteiger partial charge in [-0.05, 0) is 13.8 Å². The van der Waals surface area contributed by atoms with Crippen LogP contribution in [0.1, 0.15) is 19.5 Å². The summed E-state index contributed by atoms with van der Waals surface area (Å²) in [6.45, 7) is 3.33. The van der Waals surface area contributed by atoms with Crippen molar-refractivity contribution in [3.8, 4) is 0 Å². The van der Waals surface area contributed by atoms with Crippen molar-refractivity contribution in [1.29, 1.82) is 0 Å². The van der Waals surface area contributed by atoms with Gasteiger partial charge in [0.2, 0.25) is 0 Å². The monoisotopic (exact) mass is 273 g/mol. The Kier molecular flexibility index (Phi) is 4.90. The summed E-state index contributed by atoms with van der Waals surface area (Å²) in [4.78, 5) is 35.4. The Morgan fingerprint density at radius 3 is 2.67 bits per heavy atom. The SMILES string of the molecule is CC(NC(=O)NCc1csc(=O)[nH]1)C(C)C(=O)O. The molecule has 1 aromatic rings. The number of hydrogen-bond donors (Lipinski definition) is 4. The fraction of sp³-hybridized carbons (Fsp3) is 0.500. The lowest BCUT2D eigenvalue weighted by molar-refractivity contribution is -0.141. The first kappa shape index (κ1) is 14.2. The fourth-order valence-corrected chi connectivity index (χ4v) is 1.75. The molecule has 0 fully saturated rings. The van der Waals surface area contributed by atoms with Gasteiger partial charge < -0.3 is 20.7 Å². The van der Waals surface area contributed by atoms with Crippen LogP contribution in [0.25, 0.3) is 0 Å². The molecule has 0 aliphatic rings. The molecule has 2 atom stereocenters. The zero-order chi connectivity index (χ0) is 13.7. The zero-order valence-electron chi connectivity index (χ0n) is 10.0. The Morgan fingerprint density at radius 1 is 1.50 bits per heavy atom. The van der Waals surface area contributed by atoms with Crippen molar-refractivity contribution < 1.29 is 14.7 Å². The van der Waals surface area contributed by atoms with Crippen LogP contribution in [0.3, 0.4) is 0 Å². The highest BCUT2D eigenvalue weighted by atomic mass is 32.1. The predicted octanol–water partition coefficient (Wildman–Crippen LogP) is 0.345. The molecule has 0 aliphatic carbocycles. The Bertz CT molecular complexity index is 481. The molecule has 7 nitrogen and oxygen atoms in total.